The van der Waals surface area contributed by atoms with E-state index in [0.717, 1.165) is 5.41 Å². The summed E-state index contributed by atoms with van der Waals surface area (Å²) < 4.78 is 0. The summed E-state index contributed by atoms with van der Waals surface area (Å²) >= 11 is 0. The van der Waals surface area contributed by atoms with Crippen molar-refractivity contribution < 1.29 is 0 Å². The lowest BCUT2D eigenvalue weighted by molar-refractivity contribution is -0.249. The van der Waals surface area contributed by atoms with E-state index in [2.05, 4.69) is 6.92 Å². The van der Waals surface area contributed by atoms with Gasteiger partial charge >= 0.3 is 0 Å². The zero-order chi connectivity index (χ0) is 6.51. The number of hydrogen-bond donors (Lipinski definition) is 0. The molecule has 0 aliphatic heterocycles. The van der Waals surface area contributed by atoms with Gasteiger partial charge in [0.15, 0.2) is 0 Å². The Hall–Kier alpha value is 0. The van der Waals surface area contributed by atoms with Crippen LogP contribution in [0.5, 0.6) is 0 Å². The third-order valence-corrected chi connectivity index (χ3v) is 5.58. The molecule has 0 radical (unpaired) electrons. The van der Waals surface area contributed by atoms with Crippen LogP contribution in [-0.2, 0) is 0 Å². The molecule has 4 fully saturated rings. The van der Waals surface area contributed by atoms with Crippen LogP contribution in [0.25, 0.3) is 0 Å². The third kappa shape index (κ3) is 0.222. The van der Waals surface area contributed by atoms with E-state index in [4.69, 9.17) is 0 Å². The molecule has 4 saturated carbocycles. The molecule has 54 valence electrons. The minimum atomic E-state index is 0.910. The third-order valence-electron chi connectivity index (χ3n) is 5.58. The molecule has 0 aromatic heterocycles. The van der Waals surface area contributed by atoms with Crippen molar-refractivity contribution in [1.82, 2.24) is 0 Å². The first-order chi connectivity index (χ1) is 4.82. The fourth-order valence-electron chi connectivity index (χ4n) is 5.13. The summed E-state index contributed by atoms with van der Waals surface area (Å²) in [5.41, 5.74) is 0.910. The Morgan fingerprint density at radius 1 is 1.20 bits per heavy atom. The standard InChI is InChI=1S/C10H14/c1-10-6-2-5-3-7(9(5)10)8(10)4-6/h5-9H,2-4H2,1H3/t5-,6?,7?,8?,9?,10?/m1/s1. The highest BCUT2D eigenvalue weighted by molar-refractivity contribution is 5.26. The van der Waals surface area contributed by atoms with E-state index >= 15 is 0 Å². The highest BCUT2D eigenvalue weighted by Crippen LogP contribution is 2.85. The summed E-state index contributed by atoms with van der Waals surface area (Å²) in [7, 11) is 0. The quantitative estimate of drug-likeness (QED) is 0.477. The zero-order valence-corrected chi connectivity index (χ0v) is 6.51. The largest absolute Gasteiger partial charge is 0.0588 e. The second kappa shape index (κ2) is 1.00. The molecule has 0 amide bonds. The van der Waals surface area contributed by atoms with Crippen molar-refractivity contribution in [3.05, 3.63) is 0 Å². The van der Waals surface area contributed by atoms with Gasteiger partial charge in [-0.2, -0.15) is 0 Å². The first-order valence-electron chi connectivity index (χ1n) is 4.82. The molecule has 0 saturated heterocycles. The van der Waals surface area contributed by atoms with Gasteiger partial charge in [-0.25, -0.2) is 0 Å². The van der Waals surface area contributed by atoms with E-state index in [9.17, 15) is 0 Å². The first kappa shape index (κ1) is 4.79. The van der Waals surface area contributed by atoms with Crippen LogP contribution in [0.1, 0.15) is 26.2 Å². The lowest BCUT2D eigenvalue weighted by Crippen LogP contribution is -2.67. The van der Waals surface area contributed by atoms with Gasteiger partial charge in [0.25, 0.3) is 0 Å². The van der Waals surface area contributed by atoms with Crippen molar-refractivity contribution in [3.63, 3.8) is 0 Å². The summed E-state index contributed by atoms with van der Waals surface area (Å²) in [4.78, 5) is 0. The van der Waals surface area contributed by atoms with Gasteiger partial charge in [0.1, 0.15) is 0 Å². The van der Waals surface area contributed by atoms with Crippen LogP contribution in [0, 0.1) is 35.0 Å². The highest BCUT2D eigenvalue weighted by atomic mass is 14.8. The molecule has 0 bridgehead atoms. The minimum Gasteiger partial charge on any atom is -0.0588 e. The minimum absolute atomic E-state index is 0.910. The van der Waals surface area contributed by atoms with Crippen LogP contribution in [0.3, 0.4) is 0 Å². The Kier molecular flexibility index (Phi) is 0.479. The van der Waals surface area contributed by atoms with Crippen LogP contribution >= 0.6 is 0 Å². The molecule has 0 nitrogen and oxygen atoms in total. The van der Waals surface area contributed by atoms with Gasteiger partial charge in [0.05, 0.1) is 0 Å². The molecule has 0 N–H and O–H groups in total. The Morgan fingerprint density at radius 2 is 2.10 bits per heavy atom. The fourth-order valence-corrected chi connectivity index (χ4v) is 5.13. The number of fused-ring (bicyclic) bond motifs is 1. The van der Waals surface area contributed by atoms with Crippen LogP contribution in [-0.4, -0.2) is 0 Å². The van der Waals surface area contributed by atoms with Crippen molar-refractivity contribution in [3.8, 4) is 0 Å². The first-order valence-corrected chi connectivity index (χ1v) is 4.82. The van der Waals surface area contributed by atoms with Gasteiger partial charge in [0.2, 0.25) is 0 Å². The van der Waals surface area contributed by atoms with E-state index in [-0.39, 0.29) is 0 Å². The molecular weight excluding hydrogens is 120 g/mol. The average Bonchev–Trinajstić information content (AvgIpc) is 2.24. The maximum atomic E-state index is 2.58. The molecule has 5 unspecified atom stereocenters. The summed E-state index contributed by atoms with van der Waals surface area (Å²) in [6.45, 7) is 2.58. The summed E-state index contributed by atoms with van der Waals surface area (Å²) in [5, 5.41) is 0. The highest BCUT2D eigenvalue weighted by Gasteiger charge is 2.78. The SMILES string of the molecule is CC12C3CC1C1C[C@@H](C3)C12. The van der Waals surface area contributed by atoms with Gasteiger partial charge in [-0.1, -0.05) is 6.92 Å². The van der Waals surface area contributed by atoms with Gasteiger partial charge in [-0.05, 0) is 54.3 Å². The Morgan fingerprint density at radius 3 is 2.90 bits per heavy atom. The topological polar surface area (TPSA) is 0 Å². The number of rotatable bonds is 0. The lowest BCUT2D eigenvalue weighted by Gasteiger charge is -2.73. The Balaban J connectivity index is 1.92. The zero-order valence-electron chi connectivity index (χ0n) is 6.51. The van der Waals surface area contributed by atoms with Crippen molar-refractivity contribution >= 4 is 0 Å². The van der Waals surface area contributed by atoms with Crippen LogP contribution in [0.4, 0.5) is 0 Å². The van der Waals surface area contributed by atoms with E-state index in [1.807, 2.05) is 0 Å². The maximum Gasteiger partial charge on any atom is -0.0232 e. The van der Waals surface area contributed by atoms with Gasteiger partial charge < -0.3 is 0 Å². The predicted molar refractivity (Wildman–Crippen MR) is 39.4 cm³/mol. The lowest BCUT2D eigenvalue weighted by atomic mass is 9.32. The molecular formula is C10H14. The molecule has 0 aromatic carbocycles. The molecule has 6 atom stereocenters. The van der Waals surface area contributed by atoms with Crippen molar-refractivity contribution in [2.45, 2.75) is 26.2 Å². The number of hydrogen-bond acceptors (Lipinski definition) is 0. The van der Waals surface area contributed by atoms with E-state index in [1.165, 1.54) is 29.6 Å². The van der Waals surface area contributed by atoms with E-state index < -0.39 is 0 Å². The van der Waals surface area contributed by atoms with Crippen LogP contribution in [0.2, 0.25) is 0 Å². The van der Waals surface area contributed by atoms with E-state index in [1.54, 1.807) is 19.3 Å². The summed E-state index contributed by atoms with van der Waals surface area (Å²) in [5.74, 6) is 6.07. The van der Waals surface area contributed by atoms with Gasteiger partial charge in [-0.3, -0.25) is 0 Å². The smallest absolute Gasteiger partial charge is 0.0232 e. The second-order valence-corrected chi connectivity index (χ2v) is 5.33. The maximum absolute atomic E-state index is 2.58. The predicted octanol–water partition coefficient (Wildman–Crippen LogP) is 2.30. The summed E-state index contributed by atoms with van der Waals surface area (Å²) in [6.07, 6.45) is 4.86. The molecule has 4 rings (SSSR count). The molecule has 10 heavy (non-hydrogen) atoms. The van der Waals surface area contributed by atoms with Crippen molar-refractivity contribution in [1.29, 1.82) is 0 Å². The van der Waals surface area contributed by atoms with Gasteiger partial charge in [0, 0.05) is 0 Å². The molecule has 0 heterocycles. The molecule has 4 aliphatic carbocycles. The fraction of sp³-hybridized carbons (Fsp3) is 1.00. The van der Waals surface area contributed by atoms with Crippen molar-refractivity contribution in [2.24, 2.45) is 35.0 Å². The molecule has 0 heteroatoms. The van der Waals surface area contributed by atoms with Crippen molar-refractivity contribution in [2.75, 3.05) is 0 Å². The molecule has 4 aliphatic rings. The Labute approximate surface area is 62.0 Å². The van der Waals surface area contributed by atoms with Crippen LogP contribution in [0.15, 0.2) is 0 Å². The van der Waals surface area contributed by atoms with E-state index in [0.29, 0.717) is 0 Å². The average molecular weight is 134 g/mol. The normalized spacial score (nSPS) is 80.7. The Bertz CT molecular complexity index is 210. The molecule has 0 aromatic rings. The van der Waals surface area contributed by atoms with Crippen LogP contribution < -0.4 is 0 Å². The van der Waals surface area contributed by atoms with Gasteiger partial charge in [-0.15, -0.1) is 0 Å². The monoisotopic (exact) mass is 134 g/mol. The molecule has 0 spiro atoms. The summed E-state index contributed by atoms with van der Waals surface area (Å²) in [6, 6.07) is 0. The second-order valence-electron chi connectivity index (χ2n) is 5.33.